The Bertz CT molecular complexity index is 936. The maximum atomic E-state index is 13.2. The first kappa shape index (κ1) is 21.6. The Morgan fingerprint density at radius 1 is 1.23 bits per heavy atom. The fraction of sp³-hybridized carbons (Fsp3) is 0.522. The minimum Gasteiger partial charge on any atom is -0.487 e. The third-order valence-electron chi connectivity index (χ3n) is 6.32. The lowest BCUT2D eigenvalue weighted by molar-refractivity contribution is -0.0792. The highest BCUT2D eigenvalue weighted by molar-refractivity contribution is 7.14. The zero-order valence-corrected chi connectivity index (χ0v) is 19.1. The van der Waals surface area contributed by atoms with Gasteiger partial charge in [-0.05, 0) is 57.5 Å². The molecule has 0 aliphatic carbocycles. The molecule has 5 rings (SSSR count). The second-order valence-corrected chi connectivity index (χ2v) is 10.1. The van der Waals surface area contributed by atoms with Gasteiger partial charge in [-0.25, -0.2) is 0 Å². The Hall–Kier alpha value is -1.60. The van der Waals surface area contributed by atoms with Crippen LogP contribution in [0.25, 0.3) is 0 Å². The van der Waals surface area contributed by atoms with Crippen molar-refractivity contribution >= 4 is 29.7 Å². The van der Waals surface area contributed by atoms with E-state index in [1.807, 2.05) is 24.3 Å². The molecule has 1 spiro atoms. The van der Waals surface area contributed by atoms with E-state index in [9.17, 15) is 4.79 Å². The van der Waals surface area contributed by atoms with Crippen molar-refractivity contribution in [1.82, 2.24) is 10.6 Å². The molecule has 1 atom stereocenters. The molecule has 30 heavy (non-hydrogen) atoms. The molecule has 2 aromatic rings. The van der Waals surface area contributed by atoms with E-state index in [1.165, 1.54) is 10.4 Å². The van der Waals surface area contributed by atoms with E-state index in [4.69, 9.17) is 9.47 Å². The molecule has 0 saturated carbocycles. The highest BCUT2D eigenvalue weighted by Gasteiger charge is 2.41. The van der Waals surface area contributed by atoms with Crippen LogP contribution in [0.3, 0.4) is 0 Å². The Morgan fingerprint density at radius 3 is 2.80 bits per heavy atom. The van der Waals surface area contributed by atoms with Crippen LogP contribution in [0.4, 0.5) is 0 Å². The Labute approximate surface area is 187 Å². The summed E-state index contributed by atoms with van der Waals surface area (Å²) in [7, 11) is 0. The molecule has 2 N–H and O–H groups in total. The number of hydrogen-bond acceptors (Lipinski definition) is 5. The van der Waals surface area contributed by atoms with Crippen LogP contribution in [-0.4, -0.2) is 31.2 Å². The molecule has 0 bridgehead atoms. The largest absolute Gasteiger partial charge is 0.487 e. The summed E-state index contributed by atoms with van der Waals surface area (Å²) >= 11 is 1.64. The van der Waals surface area contributed by atoms with Gasteiger partial charge in [0.2, 0.25) is 0 Å². The zero-order valence-electron chi connectivity index (χ0n) is 17.5. The van der Waals surface area contributed by atoms with E-state index in [1.54, 1.807) is 11.3 Å². The molecule has 5 nitrogen and oxygen atoms in total. The van der Waals surface area contributed by atoms with Gasteiger partial charge in [0.15, 0.2) is 0 Å². The van der Waals surface area contributed by atoms with Crippen molar-refractivity contribution in [2.24, 2.45) is 0 Å². The van der Waals surface area contributed by atoms with Gasteiger partial charge in [0.1, 0.15) is 11.4 Å². The molecule has 162 valence electrons. The Morgan fingerprint density at radius 2 is 2.00 bits per heavy atom. The van der Waals surface area contributed by atoms with E-state index in [2.05, 4.69) is 30.5 Å². The Balaban J connectivity index is 0.00000218. The molecule has 1 aromatic carbocycles. The van der Waals surface area contributed by atoms with Crippen molar-refractivity contribution < 1.29 is 14.3 Å². The zero-order chi connectivity index (χ0) is 20.1. The number of benzene rings is 1. The number of fused-ring (bicyclic) bond motifs is 3. The van der Waals surface area contributed by atoms with Crippen molar-refractivity contribution in [2.75, 3.05) is 19.7 Å². The van der Waals surface area contributed by atoms with Crippen LogP contribution in [-0.2, 0) is 16.8 Å². The van der Waals surface area contributed by atoms with Crippen LogP contribution in [0.15, 0.2) is 30.3 Å². The maximum absolute atomic E-state index is 13.2. The summed E-state index contributed by atoms with van der Waals surface area (Å²) in [5, 5.41) is 6.71. The maximum Gasteiger partial charge on any atom is 0.261 e. The monoisotopic (exact) mass is 448 g/mol. The van der Waals surface area contributed by atoms with Gasteiger partial charge in [-0.1, -0.05) is 18.2 Å². The number of hydrogen-bond donors (Lipinski definition) is 2. The molecule has 7 heteroatoms. The third-order valence-corrected chi connectivity index (χ3v) is 7.52. The van der Waals surface area contributed by atoms with Crippen molar-refractivity contribution in [2.45, 2.75) is 56.8 Å². The van der Waals surface area contributed by atoms with Gasteiger partial charge in [0.25, 0.3) is 5.91 Å². The predicted molar refractivity (Wildman–Crippen MR) is 121 cm³/mol. The number of halogens is 1. The summed E-state index contributed by atoms with van der Waals surface area (Å²) in [5.41, 5.74) is 1.78. The summed E-state index contributed by atoms with van der Waals surface area (Å²) in [6.45, 7) is 6.82. The number of ether oxygens (including phenoxy) is 2. The smallest absolute Gasteiger partial charge is 0.261 e. The number of amides is 1. The lowest BCUT2D eigenvalue weighted by atomic mass is 9.83. The fourth-order valence-corrected chi connectivity index (χ4v) is 6.07. The highest BCUT2D eigenvalue weighted by Crippen LogP contribution is 2.44. The van der Waals surface area contributed by atoms with Crippen LogP contribution in [0, 0.1) is 0 Å². The van der Waals surface area contributed by atoms with Gasteiger partial charge >= 0.3 is 0 Å². The average Bonchev–Trinajstić information content (AvgIpc) is 3.14. The average molecular weight is 449 g/mol. The molecular weight excluding hydrogens is 420 g/mol. The molecule has 1 fully saturated rings. The van der Waals surface area contributed by atoms with E-state index in [0.717, 1.165) is 61.6 Å². The quantitative estimate of drug-likeness (QED) is 0.716. The number of rotatable bonds is 2. The van der Waals surface area contributed by atoms with Gasteiger partial charge in [-0.3, -0.25) is 4.79 Å². The molecule has 4 heterocycles. The topological polar surface area (TPSA) is 59.6 Å². The first-order chi connectivity index (χ1) is 14.0. The standard InChI is InChI=1S/C23H28N2O3S.ClH/c1-22(2)14-17(15-5-3-4-6-18(15)28-22)25-21(26)20-13-16-19(29-20)7-12-27-23(16)8-10-24-11-9-23;/h3-6,13,17,24H,7-12,14H2,1-2H3,(H,25,26);1H. The summed E-state index contributed by atoms with van der Waals surface area (Å²) in [4.78, 5) is 15.3. The first-order valence-electron chi connectivity index (χ1n) is 10.5. The molecule has 0 radical (unpaired) electrons. The van der Waals surface area contributed by atoms with Crippen molar-refractivity contribution in [1.29, 1.82) is 0 Å². The first-order valence-corrected chi connectivity index (χ1v) is 11.3. The summed E-state index contributed by atoms with van der Waals surface area (Å²) in [6.07, 6.45) is 3.59. The molecule has 1 amide bonds. The minimum absolute atomic E-state index is 0. The van der Waals surface area contributed by atoms with E-state index >= 15 is 0 Å². The van der Waals surface area contributed by atoms with E-state index < -0.39 is 0 Å². The van der Waals surface area contributed by atoms with Crippen LogP contribution < -0.4 is 15.4 Å². The third kappa shape index (κ3) is 3.86. The summed E-state index contributed by atoms with van der Waals surface area (Å²) in [5.74, 6) is 0.868. The number of nitrogens with one attached hydrogen (secondary N) is 2. The number of carbonyl (C=O) groups is 1. The molecule has 3 aliphatic rings. The number of piperidine rings is 1. The Kier molecular flexibility index (Phi) is 5.88. The van der Waals surface area contributed by atoms with Gasteiger partial charge in [-0.15, -0.1) is 23.7 Å². The van der Waals surface area contributed by atoms with Crippen LogP contribution in [0.1, 0.15) is 64.8 Å². The van der Waals surface area contributed by atoms with Gasteiger partial charge in [-0.2, -0.15) is 0 Å². The van der Waals surface area contributed by atoms with Gasteiger partial charge < -0.3 is 20.1 Å². The number of para-hydroxylation sites is 1. The fourth-order valence-electron chi connectivity index (χ4n) is 4.93. The lowest BCUT2D eigenvalue weighted by Crippen LogP contribution is -2.44. The second kappa shape index (κ2) is 8.15. The SMILES string of the molecule is CC1(C)CC(NC(=O)c2cc3c(s2)CCOC32CCNCC2)c2ccccc2O1.Cl. The summed E-state index contributed by atoms with van der Waals surface area (Å²) < 4.78 is 12.4. The summed E-state index contributed by atoms with van der Waals surface area (Å²) in [6, 6.07) is 10.1. The van der Waals surface area contributed by atoms with Gasteiger partial charge in [0, 0.05) is 23.3 Å². The molecule has 1 unspecified atom stereocenters. The van der Waals surface area contributed by atoms with Crippen molar-refractivity contribution in [3.8, 4) is 5.75 Å². The van der Waals surface area contributed by atoms with Gasteiger partial charge in [0.05, 0.1) is 23.1 Å². The van der Waals surface area contributed by atoms with Crippen LogP contribution >= 0.6 is 23.7 Å². The van der Waals surface area contributed by atoms with E-state index in [0.29, 0.717) is 0 Å². The molecule has 1 saturated heterocycles. The van der Waals surface area contributed by atoms with Crippen LogP contribution in [0.5, 0.6) is 5.75 Å². The lowest BCUT2D eigenvalue weighted by Gasteiger charge is -2.40. The van der Waals surface area contributed by atoms with Crippen molar-refractivity contribution in [3.05, 3.63) is 51.2 Å². The predicted octanol–water partition coefficient (Wildman–Crippen LogP) is 4.35. The number of carbonyl (C=O) groups excluding carboxylic acids is 1. The normalized spacial score (nSPS) is 23.5. The van der Waals surface area contributed by atoms with E-state index in [-0.39, 0.29) is 35.6 Å². The number of thiophene rings is 1. The van der Waals surface area contributed by atoms with Crippen LogP contribution in [0.2, 0.25) is 0 Å². The molecular formula is C23H29ClN2O3S. The van der Waals surface area contributed by atoms with Crippen molar-refractivity contribution in [3.63, 3.8) is 0 Å². The highest BCUT2D eigenvalue weighted by atomic mass is 35.5. The second-order valence-electron chi connectivity index (χ2n) is 8.92. The molecule has 1 aromatic heterocycles. The molecule has 3 aliphatic heterocycles. The minimum atomic E-state index is -0.312.